The largest absolute Gasteiger partial charge is 0.437 e. The number of carbonyl (C=O) groups excluding carboxylic acids is 2. The summed E-state index contributed by atoms with van der Waals surface area (Å²) in [4.78, 5) is 24.9. The van der Waals surface area contributed by atoms with Crippen LogP contribution < -0.4 is 10.6 Å². The van der Waals surface area contributed by atoms with E-state index in [9.17, 15) is 27.9 Å². The molecule has 1 saturated heterocycles. The van der Waals surface area contributed by atoms with Crippen LogP contribution in [0.25, 0.3) is 0 Å². The van der Waals surface area contributed by atoms with Gasteiger partial charge in [-0.25, -0.2) is 4.79 Å². The van der Waals surface area contributed by atoms with Gasteiger partial charge >= 0.3 is 12.2 Å². The van der Waals surface area contributed by atoms with Crippen molar-refractivity contribution in [1.29, 1.82) is 0 Å². The Morgan fingerprint density at radius 1 is 1.11 bits per heavy atom. The Balaban J connectivity index is 2.20. The highest BCUT2D eigenvalue weighted by molar-refractivity contribution is 6.35. The van der Waals surface area contributed by atoms with Crippen molar-refractivity contribution in [2.45, 2.75) is 17.9 Å². The van der Waals surface area contributed by atoms with Crippen molar-refractivity contribution in [2.75, 3.05) is 0 Å². The smallest absolute Gasteiger partial charge is 0.363 e. The monoisotopic (exact) mass is 432 g/mol. The molecule has 1 heterocycles. The Bertz CT molecular complexity index is 924. The molecule has 2 amide bonds. The van der Waals surface area contributed by atoms with Gasteiger partial charge in [0, 0.05) is 15.6 Å². The lowest BCUT2D eigenvalue weighted by Crippen LogP contribution is -2.72. The maximum absolute atomic E-state index is 13.8. The van der Waals surface area contributed by atoms with E-state index in [4.69, 9.17) is 23.2 Å². The van der Waals surface area contributed by atoms with Gasteiger partial charge in [-0.3, -0.25) is 4.79 Å². The van der Waals surface area contributed by atoms with Crippen LogP contribution in [0.1, 0.15) is 22.0 Å². The molecule has 0 spiro atoms. The van der Waals surface area contributed by atoms with E-state index < -0.39 is 35.7 Å². The molecular formula is C18H13Cl2F3N2O3. The molecule has 0 aliphatic carbocycles. The molecule has 28 heavy (non-hydrogen) atoms. The highest BCUT2D eigenvalue weighted by atomic mass is 35.5. The fraction of sp³-hybridized carbons (Fsp3) is 0.222. The number of carbonyl (C=O) groups is 2. The zero-order valence-electron chi connectivity index (χ0n) is 13.9. The van der Waals surface area contributed by atoms with Gasteiger partial charge < -0.3 is 15.7 Å². The van der Waals surface area contributed by atoms with Crippen molar-refractivity contribution < 1.29 is 27.9 Å². The highest BCUT2D eigenvalue weighted by Gasteiger charge is 2.66. The first-order valence-electron chi connectivity index (χ1n) is 7.96. The van der Waals surface area contributed by atoms with E-state index in [0.29, 0.717) is 0 Å². The lowest BCUT2D eigenvalue weighted by Gasteiger charge is -2.45. The van der Waals surface area contributed by atoms with E-state index in [1.54, 1.807) is 6.07 Å². The van der Waals surface area contributed by atoms with Crippen LogP contribution in [-0.4, -0.2) is 28.8 Å². The van der Waals surface area contributed by atoms with Crippen LogP contribution in [0, 0.1) is 5.92 Å². The third kappa shape index (κ3) is 3.55. The first-order valence-corrected chi connectivity index (χ1v) is 8.72. The van der Waals surface area contributed by atoms with Crippen molar-refractivity contribution in [3.05, 3.63) is 69.7 Å². The van der Waals surface area contributed by atoms with Crippen molar-refractivity contribution >= 4 is 35.0 Å². The molecule has 0 saturated carbocycles. The number of nitrogens with one attached hydrogen (secondary N) is 2. The topological polar surface area (TPSA) is 78.4 Å². The highest BCUT2D eigenvalue weighted by Crippen LogP contribution is 2.45. The molecule has 0 unspecified atom stereocenters. The second-order valence-electron chi connectivity index (χ2n) is 6.21. The summed E-state index contributed by atoms with van der Waals surface area (Å²) in [6.07, 6.45) is -5.34. The van der Waals surface area contributed by atoms with Gasteiger partial charge in [0.2, 0.25) is 5.72 Å². The normalized spacial score (nSPS) is 25.0. The molecule has 1 aliphatic heterocycles. The van der Waals surface area contributed by atoms with Crippen molar-refractivity contribution in [3.8, 4) is 0 Å². The van der Waals surface area contributed by atoms with Gasteiger partial charge in [0.05, 0.1) is 6.04 Å². The number of hydrogen-bond acceptors (Lipinski definition) is 3. The fourth-order valence-corrected chi connectivity index (χ4v) is 3.66. The summed E-state index contributed by atoms with van der Waals surface area (Å²) in [5, 5.41) is 14.3. The number of urea groups is 1. The summed E-state index contributed by atoms with van der Waals surface area (Å²) in [6, 6.07) is 8.22. The van der Waals surface area contributed by atoms with Gasteiger partial charge in [-0.1, -0.05) is 59.6 Å². The van der Waals surface area contributed by atoms with Gasteiger partial charge in [0.25, 0.3) is 0 Å². The van der Waals surface area contributed by atoms with Crippen LogP contribution in [0.4, 0.5) is 18.0 Å². The molecule has 2 aromatic carbocycles. The van der Waals surface area contributed by atoms with E-state index in [1.165, 1.54) is 47.8 Å². The number of rotatable bonds is 3. The van der Waals surface area contributed by atoms with Crippen molar-refractivity contribution in [1.82, 2.24) is 10.6 Å². The van der Waals surface area contributed by atoms with E-state index >= 15 is 0 Å². The predicted molar refractivity (Wildman–Crippen MR) is 96.1 cm³/mol. The average Bonchev–Trinajstić information content (AvgIpc) is 2.60. The van der Waals surface area contributed by atoms with Crippen molar-refractivity contribution in [3.63, 3.8) is 0 Å². The summed E-state index contributed by atoms with van der Waals surface area (Å²) in [5.74, 6) is -3.17. The summed E-state index contributed by atoms with van der Waals surface area (Å²) in [7, 11) is 0. The van der Waals surface area contributed by atoms with E-state index in [0.717, 1.165) is 0 Å². The zero-order chi connectivity index (χ0) is 20.7. The molecule has 0 bridgehead atoms. The molecule has 148 valence electrons. The Kier molecular flexibility index (Phi) is 5.31. The standard InChI is InChI=1S/C18H13Cl2F3N2O3/c19-10-6-7-11(12(20)8-10)14-13(15(26)9-4-2-1-3-5-9)17(28,18(21,22)23)25-16(27)24-14/h1-8,13-14,28H,(H2,24,25,27)/t13-,14+,17+/m0/s1. The molecule has 10 heteroatoms. The van der Waals surface area contributed by atoms with Crippen LogP contribution in [0.15, 0.2) is 48.5 Å². The van der Waals surface area contributed by atoms with Gasteiger partial charge in [0.15, 0.2) is 5.78 Å². The number of hydrogen-bond donors (Lipinski definition) is 3. The van der Waals surface area contributed by atoms with Crippen LogP contribution in [0.5, 0.6) is 0 Å². The second kappa shape index (κ2) is 7.27. The first-order chi connectivity index (χ1) is 13.0. The SMILES string of the molecule is O=C1N[C@H](c2ccc(Cl)cc2Cl)[C@@H](C(=O)c2ccccc2)[C@@](O)(C(F)(F)F)N1. The third-order valence-electron chi connectivity index (χ3n) is 4.44. The maximum Gasteiger partial charge on any atom is 0.437 e. The van der Waals surface area contributed by atoms with Crippen LogP contribution in [0.2, 0.25) is 10.0 Å². The number of benzene rings is 2. The van der Waals surface area contributed by atoms with Crippen LogP contribution >= 0.6 is 23.2 Å². The number of ketones is 1. The molecule has 1 aliphatic rings. The molecule has 0 radical (unpaired) electrons. The summed E-state index contributed by atoms with van der Waals surface area (Å²) in [5.41, 5.74) is -3.86. The van der Waals surface area contributed by atoms with Crippen molar-refractivity contribution in [2.24, 2.45) is 5.92 Å². The molecule has 3 rings (SSSR count). The first kappa shape index (κ1) is 20.4. The molecule has 3 atom stereocenters. The van der Waals surface area contributed by atoms with E-state index in [-0.39, 0.29) is 21.2 Å². The minimum atomic E-state index is -5.34. The van der Waals surface area contributed by atoms with E-state index in [2.05, 4.69) is 5.32 Å². The minimum absolute atomic E-state index is 0.0119. The Morgan fingerprint density at radius 2 is 1.75 bits per heavy atom. The number of amides is 2. The van der Waals surface area contributed by atoms with Gasteiger partial charge in [-0.15, -0.1) is 0 Å². The lowest BCUT2D eigenvalue weighted by molar-refractivity contribution is -0.287. The maximum atomic E-state index is 13.8. The number of alkyl halides is 3. The minimum Gasteiger partial charge on any atom is -0.363 e. The van der Waals surface area contributed by atoms with Crippen LogP contribution in [-0.2, 0) is 0 Å². The zero-order valence-corrected chi connectivity index (χ0v) is 15.4. The molecular weight excluding hydrogens is 420 g/mol. The molecule has 3 N–H and O–H groups in total. The van der Waals surface area contributed by atoms with Gasteiger partial charge in [-0.2, -0.15) is 13.2 Å². The third-order valence-corrected chi connectivity index (χ3v) is 5.01. The fourth-order valence-electron chi connectivity index (χ4n) is 3.13. The Hall–Kier alpha value is -2.29. The number of aliphatic hydroxyl groups is 1. The molecule has 2 aromatic rings. The summed E-state index contributed by atoms with van der Waals surface area (Å²) in [6.45, 7) is 0. The Morgan fingerprint density at radius 3 is 2.32 bits per heavy atom. The number of Topliss-reactive ketones (excluding diaryl/α,β-unsaturated/α-hetero) is 1. The summed E-state index contributed by atoms with van der Waals surface area (Å²) < 4.78 is 41.3. The predicted octanol–water partition coefficient (Wildman–Crippen LogP) is 4.10. The number of halogens is 5. The Labute approximate surface area is 167 Å². The average molecular weight is 433 g/mol. The molecule has 1 fully saturated rings. The van der Waals surface area contributed by atoms with Crippen LogP contribution in [0.3, 0.4) is 0 Å². The second-order valence-corrected chi connectivity index (χ2v) is 7.06. The van der Waals surface area contributed by atoms with E-state index in [1.807, 2.05) is 0 Å². The van der Waals surface area contributed by atoms with Gasteiger partial charge in [0.1, 0.15) is 5.92 Å². The quantitative estimate of drug-likeness (QED) is 0.638. The lowest BCUT2D eigenvalue weighted by atomic mass is 9.77. The molecule has 5 nitrogen and oxygen atoms in total. The van der Waals surface area contributed by atoms with Gasteiger partial charge in [-0.05, 0) is 17.7 Å². The summed E-state index contributed by atoms with van der Waals surface area (Å²) >= 11 is 11.9. The molecule has 0 aromatic heterocycles.